The van der Waals surface area contributed by atoms with E-state index in [-0.39, 0.29) is 0 Å². The van der Waals surface area contributed by atoms with Crippen LogP contribution >= 0.6 is 0 Å². The van der Waals surface area contributed by atoms with Gasteiger partial charge < -0.3 is 9.64 Å². The highest BCUT2D eigenvalue weighted by Gasteiger charge is 2.21. The van der Waals surface area contributed by atoms with Crippen LogP contribution in [0, 0.1) is 0 Å². The summed E-state index contributed by atoms with van der Waals surface area (Å²) in [5.41, 5.74) is 3.37. The first-order chi connectivity index (χ1) is 9.25. The second kappa shape index (κ2) is 4.76. The lowest BCUT2D eigenvalue weighted by Crippen LogP contribution is -2.22. The number of benzene rings is 2. The Bertz CT molecular complexity index is 618. The molecule has 96 valence electrons. The summed E-state index contributed by atoms with van der Waals surface area (Å²) >= 11 is 0. The Labute approximate surface area is 113 Å². The lowest BCUT2D eigenvalue weighted by Gasteiger charge is -2.20. The monoisotopic (exact) mass is 253 g/mol. The van der Waals surface area contributed by atoms with Crippen LogP contribution in [0.1, 0.15) is 5.56 Å². The van der Waals surface area contributed by atoms with Crippen molar-refractivity contribution in [3.05, 3.63) is 54.1 Å². The summed E-state index contributed by atoms with van der Waals surface area (Å²) < 4.78 is 8.05. The molecule has 0 saturated carbocycles. The minimum Gasteiger partial charge on any atom is -0.433 e. The number of nitrogens with zero attached hydrogens (tertiary/aromatic N) is 2. The van der Waals surface area contributed by atoms with E-state index in [0.717, 1.165) is 22.7 Å². The summed E-state index contributed by atoms with van der Waals surface area (Å²) in [6, 6.07) is 16.5. The Morgan fingerprint density at radius 3 is 2.53 bits per heavy atom. The number of para-hydroxylation sites is 2. The van der Waals surface area contributed by atoms with Crippen molar-refractivity contribution in [2.24, 2.45) is 0 Å². The molecule has 1 aliphatic rings. The molecule has 0 radical (unpaired) electrons. The standard InChI is InChI=1S/C16H17N2O/c1-17(2)15-10-6-7-13-11-18(12-19-16(13)15)14-8-4-3-5-9-14/h3-11H,12H2,1-2H3/q+1. The van der Waals surface area contributed by atoms with Gasteiger partial charge in [0.05, 0.1) is 11.3 Å². The molecule has 0 aromatic heterocycles. The SMILES string of the molecule is CN(C)c1cccc2c1OC[N+](c1ccccc1)=C2. The third-order valence-electron chi connectivity index (χ3n) is 3.24. The fraction of sp³-hybridized carbons (Fsp3) is 0.188. The number of hydrogen-bond acceptors (Lipinski definition) is 2. The van der Waals surface area contributed by atoms with Crippen LogP contribution in [0.15, 0.2) is 48.5 Å². The molecule has 19 heavy (non-hydrogen) atoms. The first-order valence-corrected chi connectivity index (χ1v) is 6.35. The van der Waals surface area contributed by atoms with Crippen LogP contribution in [0.2, 0.25) is 0 Å². The average molecular weight is 253 g/mol. The lowest BCUT2D eigenvalue weighted by atomic mass is 10.1. The van der Waals surface area contributed by atoms with Gasteiger partial charge in [0.2, 0.25) is 5.69 Å². The Morgan fingerprint density at radius 1 is 1.00 bits per heavy atom. The topological polar surface area (TPSA) is 15.5 Å². The molecule has 0 amide bonds. The van der Waals surface area contributed by atoms with Crippen molar-refractivity contribution in [2.75, 3.05) is 25.7 Å². The fourth-order valence-electron chi connectivity index (χ4n) is 2.26. The summed E-state index contributed by atoms with van der Waals surface area (Å²) in [7, 11) is 4.06. The van der Waals surface area contributed by atoms with Crippen molar-refractivity contribution in [1.29, 1.82) is 0 Å². The molecule has 0 atom stereocenters. The molecule has 0 saturated heterocycles. The number of ether oxygens (including phenoxy) is 1. The van der Waals surface area contributed by atoms with Crippen LogP contribution in [0.25, 0.3) is 0 Å². The zero-order chi connectivity index (χ0) is 13.2. The highest BCUT2D eigenvalue weighted by Crippen LogP contribution is 2.32. The van der Waals surface area contributed by atoms with E-state index >= 15 is 0 Å². The molecule has 0 unspecified atom stereocenters. The Morgan fingerprint density at radius 2 is 1.79 bits per heavy atom. The van der Waals surface area contributed by atoms with Gasteiger partial charge in [-0.1, -0.05) is 24.3 Å². The maximum atomic E-state index is 5.94. The van der Waals surface area contributed by atoms with Gasteiger partial charge in [0.1, 0.15) is 0 Å². The molecule has 2 aromatic carbocycles. The molecule has 1 aliphatic heterocycles. The van der Waals surface area contributed by atoms with E-state index in [4.69, 9.17) is 4.74 Å². The van der Waals surface area contributed by atoms with Crippen LogP contribution in [-0.2, 0) is 0 Å². The van der Waals surface area contributed by atoms with Crippen molar-refractivity contribution in [3.63, 3.8) is 0 Å². The van der Waals surface area contributed by atoms with Crippen LogP contribution in [0.4, 0.5) is 11.4 Å². The van der Waals surface area contributed by atoms with Gasteiger partial charge >= 0.3 is 0 Å². The summed E-state index contributed by atoms with van der Waals surface area (Å²) in [6.07, 6.45) is 2.14. The van der Waals surface area contributed by atoms with E-state index in [1.165, 1.54) is 0 Å². The van der Waals surface area contributed by atoms with Crippen molar-refractivity contribution in [3.8, 4) is 5.75 Å². The molecular formula is C16H17N2O+. The molecule has 0 aliphatic carbocycles. The smallest absolute Gasteiger partial charge is 0.292 e. The van der Waals surface area contributed by atoms with Crippen molar-refractivity contribution in [1.82, 2.24) is 0 Å². The third kappa shape index (κ3) is 2.19. The number of hydrogen-bond donors (Lipinski definition) is 0. The first-order valence-electron chi connectivity index (χ1n) is 6.35. The minimum atomic E-state index is 0.544. The molecule has 3 nitrogen and oxygen atoms in total. The molecule has 0 bridgehead atoms. The molecular weight excluding hydrogens is 236 g/mol. The highest BCUT2D eigenvalue weighted by atomic mass is 16.5. The van der Waals surface area contributed by atoms with E-state index in [9.17, 15) is 0 Å². The molecule has 3 rings (SSSR count). The summed E-state index contributed by atoms with van der Waals surface area (Å²) in [6.45, 7) is 0.544. The van der Waals surface area contributed by atoms with Gasteiger partial charge in [-0.05, 0) is 12.1 Å². The first kappa shape index (κ1) is 11.8. The maximum absolute atomic E-state index is 5.94. The molecule has 0 spiro atoms. The zero-order valence-corrected chi connectivity index (χ0v) is 11.2. The van der Waals surface area contributed by atoms with E-state index in [1.807, 2.05) is 32.3 Å². The number of rotatable bonds is 2. The van der Waals surface area contributed by atoms with Crippen LogP contribution in [-0.4, -0.2) is 31.6 Å². The van der Waals surface area contributed by atoms with Crippen molar-refractivity contribution in [2.45, 2.75) is 0 Å². The van der Waals surface area contributed by atoms with Crippen LogP contribution in [0.3, 0.4) is 0 Å². The van der Waals surface area contributed by atoms with E-state index in [0.29, 0.717) is 6.73 Å². The average Bonchev–Trinajstić information content (AvgIpc) is 2.47. The van der Waals surface area contributed by atoms with E-state index in [2.05, 4.69) is 46.0 Å². The predicted octanol–water partition coefficient (Wildman–Crippen LogP) is 2.87. The lowest BCUT2D eigenvalue weighted by molar-refractivity contribution is -0.476. The van der Waals surface area contributed by atoms with E-state index in [1.54, 1.807) is 0 Å². The second-order valence-electron chi connectivity index (χ2n) is 4.80. The highest BCUT2D eigenvalue weighted by molar-refractivity contribution is 5.85. The molecule has 3 heteroatoms. The zero-order valence-electron chi connectivity index (χ0n) is 11.2. The largest absolute Gasteiger partial charge is 0.433 e. The third-order valence-corrected chi connectivity index (χ3v) is 3.24. The number of fused-ring (bicyclic) bond motifs is 1. The maximum Gasteiger partial charge on any atom is 0.292 e. The van der Waals surface area contributed by atoms with Gasteiger partial charge in [-0.3, -0.25) is 0 Å². The minimum absolute atomic E-state index is 0.544. The fourth-order valence-corrected chi connectivity index (χ4v) is 2.26. The summed E-state index contributed by atoms with van der Waals surface area (Å²) in [5.74, 6) is 0.958. The van der Waals surface area contributed by atoms with Gasteiger partial charge in [-0.25, -0.2) is 0 Å². The van der Waals surface area contributed by atoms with Gasteiger partial charge in [-0.15, -0.1) is 0 Å². The second-order valence-corrected chi connectivity index (χ2v) is 4.80. The summed E-state index contributed by atoms with van der Waals surface area (Å²) in [5, 5.41) is 0. The Hall–Kier alpha value is -2.29. The molecule has 0 fully saturated rings. The quantitative estimate of drug-likeness (QED) is 0.765. The van der Waals surface area contributed by atoms with Gasteiger partial charge in [0.15, 0.2) is 12.0 Å². The van der Waals surface area contributed by atoms with Gasteiger partial charge in [0, 0.05) is 26.2 Å². The van der Waals surface area contributed by atoms with Crippen LogP contribution in [0.5, 0.6) is 5.75 Å². The predicted molar refractivity (Wildman–Crippen MR) is 77.8 cm³/mol. The van der Waals surface area contributed by atoms with Crippen molar-refractivity contribution >= 4 is 17.6 Å². The van der Waals surface area contributed by atoms with E-state index < -0.39 is 0 Å². The Kier molecular flexibility index (Phi) is 2.95. The van der Waals surface area contributed by atoms with Crippen molar-refractivity contribution < 1.29 is 9.31 Å². The number of anilines is 1. The van der Waals surface area contributed by atoms with Gasteiger partial charge in [0.25, 0.3) is 6.73 Å². The Balaban J connectivity index is 2.05. The van der Waals surface area contributed by atoms with Gasteiger partial charge in [-0.2, -0.15) is 4.58 Å². The van der Waals surface area contributed by atoms with Crippen LogP contribution < -0.4 is 9.64 Å². The molecule has 2 aromatic rings. The normalized spacial score (nSPS) is 13.3. The summed E-state index contributed by atoms with van der Waals surface area (Å²) in [4.78, 5) is 2.07. The molecule has 0 N–H and O–H groups in total. The molecule has 1 heterocycles.